The molecule has 0 aliphatic carbocycles. The first kappa shape index (κ1) is 19.9. The molecule has 0 aromatic heterocycles. The number of hydrogen-bond donors (Lipinski definition) is 1. The molecule has 0 heterocycles. The summed E-state index contributed by atoms with van der Waals surface area (Å²) >= 11 is 0. The highest BCUT2D eigenvalue weighted by atomic mass is 16.6. The van der Waals surface area contributed by atoms with Gasteiger partial charge in [-0.3, -0.25) is 4.79 Å². The van der Waals surface area contributed by atoms with Crippen molar-refractivity contribution < 1.29 is 19.1 Å². The topological polar surface area (TPSA) is 64.6 Å². The van der Waals surface area contributed by atoms with Crippen molar-refractivity contribution in [2.75, 3.05) is 11.9 Å². The molecule has 0 spiro atoms. The van der Waals surface area contributed by atoms with E-state index in [2.05, 4.69) is 11.9 Å². The summed E-state index contributed by atoms with van der Waals surface area (Å²) in [5.74, 6) is 0.197. The summed E-state index contributed by atoms with van der Waals surface area (Å²) in [7, 11) is 0. The van der Waals surface area contributed by atoms with E-state index in [1.807, 2.05) is 36.4 Å². The third kappa shape index (κ3) is 5.81. The average molecular weight is 387 g/mol. The number of anilines is 1. The fourth-order valence-electron chi connectivity index (χ4n) is 2.67. The molecule has 0 fully saturated rings. The molecule has 3 aromatic carbocycles. The van der Waals surface area contributed by atoms with Crippen LogP contribution in [0.3, 0.4) is 0 Å². The maximum Gasteiger partial charge on any atom is 0.349 e. The lowest BCUT2D eigenvalue weighted by molar-refractivity contribution is -0.136. The Balaban J connectivity index is 1.53. The quantitative estimate of drug-likeness (QED) is 0.347. The van der Waals surface area contributed by atoms with Crippen LogP contribution in [0, 0.1) is 0 Å². The van der Waals surface area contributed by atoms with Gasteiger partial charge in [0.05, 0.1) is 0 Å². The summed E-state index contributed by atoms with van der Waals surface area (Å²) in [5, 5.41) is 2.80. The van der Waals surface area contributed by atoms with Crippen molar-refractivity contribution in [3.8, 4) is 11.5 Å². The fourth-order valence-corrected chi connectivity index (χ4v) is 2.67. The minimum absolute atomic E-state index is 0.218. The minimum Gasteiger partial charge on any atom is -0.482 e. The summed E-state index contributed by atoms with van der Waals surface area (Å²) in [5.41, 5.74) is 2.12. The second-order valence-electron chi connectivity index (χ2n) is 6.21. The molecule has 0 atom stereocenters. The van der Waals surface area contributed by atoms with Crippen LogP contribution in [0.1, 0.15) is 15.9 Å². The largest absolute Gasteiger partial charge is 0.482 e. The molecule has 1 amide bonds. The van der Waals surface area contributed by atoms with Crippen LogP contribution in [0.15, 0.2) is 91.5 Å². The molecule has 146 valence electrons. The highest BCUT2D eigenvalue weighted by Crippen LogP contribution is 2.19. The van der Waals surface area contributed by atoms with Gasteiger partial charge in [-0.15, -0.1) is 6.58 Å². The van der Waals surface area contributed by atoms with Crippen molar-refractivity contribution in [3.63, 3.8) is 0 Å². The number of amides is 1. The van der Waals surface area contributed by atoms with Gasteiger partial charge in [0.25, 0.3) is 5.91 Å². The van der Waals surface area contributed by atoms with E-state index >= 15 is 0 Å². The Kier molecular flexibility index (Phi) is 6.79. The summed E-state index contributed by atoms with van der Waals surface area (Å²) < 4.78 is 10.8. The van der Waals surface area contributed by atoms with Gasteiger partial charge >= 0.3 is 5.97 Å². The molecule has 0 saturated carbocycles. The van der Waals surface area contributed by atoms with Crippen molar-refractivity contribution >= 4 is 17.6 Å². The molecular weight excluding hydrogens is 366 g/mol. The van der Waals surface area contributed by atoms with Crippen molar-refractivity contribution in [1.82, 2.24) is 0 Å². The zero-order valence-electron chi connectivity index (χ0n) is 15.8. The molecule has 5 heteroatoms. The minimum atomic E-state index is -0.528. The lowest BCUT2D eigenvalue weighted by atomic mass is 10.1. The Labute approximate surface area is 169 Å². The molecule has 0 aliphatic heterocycles. The van der Waals surface area contributed by atoms with E-state index in [-0.39, 0.29) is 12.5 Å². The Morgan fingerprint density at radius 1 is 0.897 bits per heavy atom. The SMILES string of the molecule is C=CCc1ccccc1OCC(=O)Oc1ccc(C(=O)Nc2ccccc2)cc1. The number of nitrogens with one attached hydrogen (secondary N) is 1. The van der Waals surface area contributed by atoms with Crippen LogP contribution in [-0.2, 0) is 11.2 Å². The van der Waals surface area contributed by atoms with E-state index < -0.39 is 5.97 Å². The molecule has 0 radical (unpaired) electrons. The maximum atomic E-state index is 12.2. The van der Waals surface area contributed by atoms with E-state index in [1.165, 1.54) is 0 Å². The number of esters is 1. The van der Waals surface area contributed by atoms with Crippen LogP contribution in [0.2, 0.25) is 0 Å². The number of allylic oxidation sites excluding steroid dienone is 1. The van der Waals surface area contributed by atoms with Gasteiger partial charge in [0, 0.05) is 11.3 Å². The first-order valence-electron chi connectivity index (χ1n) is 9.14. The molecule has 3 aromatic rings. The third-order valence-corrected chi connectivity index (χ3v) is 4.06. The highest BCUT2D eigenvalue weighted by Gasteiger charge is 2.10. The number of carbonyl (C=O) groups is 2. The summed E-state index contributed by atoms with van der Waals surface area (Å²) in [6.45, 7) is 3.50. The number of carbonyl (C=O) groups excluding carboxylic acids is 2. The van der Waals surface area contributed by atoms with Crippen LogP contribution in [-0.4, -0.2) is 18.5 Å². The predicted octanol–water partition coefficient (Wildman–Crippen LogP) is 4.65. The van der Waals surface area contributed by atoms with Crippen molar-refractivity contribution in [3.05, 3.63) is 103 Å². The second-order valence-corrected chi connectivity index (χ2v) is 6.21. The van der Waals surface area contributed by atoms with Crippen LogP contribution >= 0.6 is 0 Å². The van der Waals surface area contributed by atoms with Crippen molar-refractivity contribution in [1.29, 1.82) is 0 Å². The second kappa shape index (κ2) is 9.90. The average Bonchev–Trinajstić information content (AvgIpc) is 2.74. The summed E-state index contributed by atoms with van der Waals surface area (Å²) in [6, 6.07) is 23.0. The Morgan fingerprint density at radius 3 is 2.31 bits per heavy atom. The third-order valence-electron chi connectivity index (χ3n) is 4.06. The number of para-hydroxylation sites is 2. The zero-order chi connectivity index (χ0) is 20.5. The number of ether oxygens (including phenoxy) is 2. The van der Waals surface area contributed by atoms with Gasteiger partial charge in [-0.2, -0.15) is 0 Å². The molecular formula is C24H21NO4. The molecule has 3 rings (SSSR count). The van der Waals surface area contributed by atoms with E-state index in [1.54, 1.807) is 48.5 Å². The lowest BCUT2D eigenvalue weighted by Crippen LogP contribution is -2.18. The first-order chi connectivity index (χ1) is 14.2. The van der Waals surface area contributed by atoms with Gasteiger partial charge in [-0.25, -0.2) is 4.79 Å². The Bertz CT molecular complexity index is 981. The van der Waals surface area contributed by atoms with E-state index in [9.17, 15) is 9.59 Å². The van der Waals surface area contributed by atoms with Crippen LogP contribution in [0.25, 0.3) is 0 Å². The van der Waals surface area contributed by atoms with Gasteiger partial charge < -0.3 is 14.8 Å². The standard InChI is InChI=1S/C24H21NO4/c1-2-8-18-9-6-7-12-22(18)28-17-23(26)29-21-15-13-19(14-16-21)24(27)25-20-10-4-3-5-11-20/h2-7,9-16H,1,8,17H2,(H,25,27). The molecule has 1 N–H and O–H groups in total. The Hall–Kier alpha value is -3.86. The van der Waals surface area contributed by atoms with Gasteiger partial charge in [0.1, 0.15) is 11.5 Å². The summed E-state index contributed by atoms with van der Waals surface area (Å²) in [4.78, 5) is 24.3. The van der Waals surface area contributed by atoms with E-state index in [0.717, 1.165) is 5.56 Å². The van der Waals surface area contributed by atoms with Crippen molar-refractivity contribution in [2.24, 2.45) is 0 Å². The molecule has 0 aliphatic rings. The fraction of sp³-hybridized carbons (Fsp3) is 0.0833. The number of rotatable bonds is 8. The normalized spacial score (nSPS) is 10.1. The zero-order valence-corrected chi connectivity index (χ0v) is 15.8. The number of benzene rings is 3. The van der Waals surface area contributed by atoms with E-state index in [0.29, 0.717) is 29.2 Å². The highest BCUT2D eigenvalue weighted by molar-refractivity contribution is 6.04. The number of hydrogen-bond acceptors (Lipinski definition) is 4. The van der Waals surface area contributed by atoms with Crippen LogP contribution in [0.4, 0.5) is 5.69 Å². The molecule has 5 nitrogen and oxygen atoms in total. The first-order valence-corrected chi connectivity index (χ1v) is 9.14. The van der Waals surface area contributed by atoms with Crippen LogP contribution in [0.5, 0.6) is 11.5 Å². The van der Waals surface area contributed by atoms with Crippen LogP contribution < -0.4 is 14.8 Å². The van der Waals surface area contributed by atoms with E-state index in [4.69, 9.17) is 9.47 Å². The summed E-state index contributed by atoms with van der Waals surface area (Å²) in [6.07, 6.45) is 2.42. The smallest absolute Gasteiger partial charge is 0.349 e. The van der Waals surface area contributed by atoms with Gasteiger partial charge in [0.2, 0.25) is 0 Å². The molecule has 0 saturated heterocycles. The van der Waals surface area contributed by atoms with Gasteiger partial charge in [-0.1, -0.05) is 42.5 Å². The molecule has 0 unspecified atom stereocenters. The predicted molar refractivity (Wildman–Crippen MR) is 112 cm³/mol. The Morgan fingerprint density at radius 2 is 1.59 bits per heavy atom. The molecule has 0 bridgehead atoms. The molecule has 29 heavy (non-hydrogen) atoms. The van der Waals surface area contributed by atoms with Gasteiger partial charge in [0.15, 0.2) is 6.61 Å². The van der Waals surface area contributed by atoms with Gasteiger partial charge in [-0.05, 0) is 54.4 Å². The maximum absolute atomic E-state index is 12.2. The van der Waals surface area contributed by atoms with Crippen molar-refractivity contribution in [2.45, 2.75) is 6.42 Å². The monoisotopic (exact) mass is 387 g/mol. The lowest BCUT2D eigenvalue weighted by Gasteiger charge is -2.10.